The average molecular weight is 435 g/mol. The van der Waals surface area contributed by atoms with Gasteiger partial charge >= 0.3 is 5.97 Å². The van der Waals surface area contributed by atoms with Crippen molar-refractivity contribution < 1.29 is 19.1 Å². The fourth-order valence-corrected chi connectivity index (χ4v) is 4.15. The summed E-state index contributed by atoms with van der Waals surface area (Å²) in [5.74, 6) is 0.0406. The summed E-state index contributed by atoms with van der Waals surface area (Å²) in [6, 6.07) is 5.47. The van der Waals surface area contributed by atoms with Crippen LogP contribution in [0.3, 0.4) is 0 Å². The van der Waals surface area contributed by atoms with Gasteiger partial charge in [0.05, 0.1) is 19.0 Å². The standard InChI is InChI=1S/C23H25N5O4/c1-14(29)23-19-9-16(17-11-24-15(2)25-12-17)6-7-20(19)28(26-23)13-21(30)27-8-4-5-18(27)10-22(31)32-3/h6-7,9,11-12,18H,4-5,8,10,13H2,1-3H3. The van der Waals surface area contributed by atoms with Crippen LogP contribution in [0.4, 0.5) is 0 Å². The number of carbonyl (C=O) groups excluding carboxylic acids is 3. The number of benzene rings is 1. The van der Waals surface area contributed by atoms with Gasteiger partial charge < -0.3 is 9.64 Å². The second-order valence-corrected chi connectivity index (χ2v) is 7.98. The van der Waals surface area contributed by atoms with E-state index >= 15 is 0 Å². The number of amides is 1. The van der Waals surface area contributed by atoms with E-state index in [1.54, 1.807) is 22.0 Å². The molecule has 0 radical (unpaired) electrons. The normalized spacial score (nSPS) is 15.8. The molecule has 9 nitrogen and oxygen atoms in total. The van der Waals surface area contributed by atoms with Gasteiger partial charge in [0.2, 0.25) is 5.91 Å². The van der Waals surface area contributed by atoms with Gasteiger partial charge in [0.1, 0.15) is 18.1 Å². The van der Waals surface area contributed by atoms with Crippen LogP contribution in [0.25, 0.3) is 22.0 Å². The number of ketones is 1. The third kappa shape index (κ3) is 4.23. The van der Waals surface area contributed by atoms with E-state index < -0.39 is 0 Å². The van der Waals surface area contributed by atoms with E-state index in [1.807, 2.05) is 25.1 Å². The number of rotatable bonds is 6. The third-order valence-electron chi connectivity index (χ3n) is 5.81. The molecular formula is C23H25N5O4. The van der Waals surface area contributed by atoms with Gasteiger partial charge in [-0.2, -0.15) is 5.10 Å². The zero-order chi connectivity index (χ0) is 22.8. The maximum atomic E-state index is 13.0. The molecule has 166 valence electrons. The van der Waals surface area contributed by atoms with Crippen LogP contribution in [0.1, 0.15) is 42.5 Å². The first-order chi connectivity index (χ1) is 15.4. The molecule has 1 fully saturated rings. The summed E-state index contributed by atoms with van der Waals surface area (Å²) in [6.07, 6.45) is 5.26. The van der Waals surface area contributed by atoms with Gasteiger partial charge in [-0.15, -0.1) is 0 Å². The predicted molar refractivity (Wildman–Crippen MR) is 117 cm³/mol. The Hall–Kier alpha value is -3.62. The van der Waals surface area contributed by atoms with Gasteiger partial charge in [0.15, 0.2) is 5.78 Å². The molecule has 0 saturated carbocycles. The zero-order valence-electron chi connectivity index (χ0n) is 18.4. The first kappa shape index (κ1) is 21.6. The molecule has 3 aromatic rings. The highest BCUT2D eigenvalue weighted by molar-refractivity contribution is 6.06. The molecule has 0 N–H and O–H groups in total. The Morgan fingerprint density at radius 1 is 1.16 bits per heavy atom. The summed E-state index contributed by atoms with van der Waals surface area (Å²) < 4.78 is 6.33. The number of Topliss-reactive ketones (excluding diaryl/α,β-unsaturated/α-hetero) is 1. The van der Waals surface area contributed by atoms with Crippen molar-refractivity contribution in [3.8, 4) is 11.1 Å². The van der Waals surface area contributed by atoms with Crippen LogP contribution in [0.15, 0.2) is 30.6 Å². The lowest BCUT2D eigenvalue weighted by molar-refractivity contribution is -0.143. The number of hydrogen-bond donors (Lipinski definition) is 0. The summed E-state index contributed by atoms with van der Waals surface area (Å²) >= 11 is 0. The van der Waals surface area contributed by atoms with Crippen molar-refractivity contribution in [2.75, 3.05) is 13.7 Å². The summed E-state index contributed by atoms with van der Waals surface area (Å²) in [6.45, 7) is 3.87. The zero-order valence-corrected chi connectivity index (χ0v) is 18.4. The van der Waals surface area contributed by atoms with E-state index in [1.165, 1.54) is 14.0 Å². The van der Waals surface area contributed by atoms with E-state index in [0.717, 1.165) is 24.0 Å². The predicted octanol–water partition coefficient (Wildman–Crippen LogP) is 2.56. The molecule has 9 heteroatoms. The maximum absolute atomic E-state index is 13.0. The number of nitrogens with zero attached hydrogens (tertiary/aromatic N) is 5. The molecule has 1 aromatic carbocycles. The number of aromatic nitrogens is 4. The van der Waals surface area contributed by atoms with Gasteiger partial charge in [-0.05, 0) is 37.5 Å². The topological polar surface area (TPSA) is 107 Å². The number of hydrogen-bond acceptors (Lipinski definition) is 7. The van der Waals surface area contributed by atoms with Crippen LogP contribution in [-0.2, 0) is 20.9 Å². The SMILES string of the molecule is COC(=O)CC1CCCN1C(=O)Cn1nc(C(C)=O)c2cc(-c3cnc(C)nc3)ccc21. The molecule has 1 aliphatic rings. The van der Waals surface area contributed by atoms with E-state index in [2.05, 4.69) is 15.1 Å². The Morgan fingerprint density at radius 2 is 1.91 bits per heavy atom. The molecule has 1 unspecified atom stereocenters. The van der Waals surface area contributed by atoms with Crippen molar-refractivity contribution in [1.82, 2.24) is 24.6 Å². The van der Waals surface area contributed by atoms with Crippen LogP contribution >= 0.6 is 0 Å². The summed E-state index contributed by atoms with van der Waals surface area (Å²) in [4.78, 5) is 47.2. The molecule has 32 heavy (non-hydrogen) atoms. The Balaban J connectivity index is 1.64. The third-order valence-corrected chi connectivity index (χ3v) is 5.81. The van der Waals surface area contributed by atoms with Crippen LogP contribution in [0.5, 0.6) is 0 Å². The molecule has 1 aliphatic heterocycles. The van der Waals surface area contributed by atoms with Crippen molar-refractivity contribution in [1.29, 1.82) is 0 Å². The molecule has 2 aromatic heterocycles. The van der Waals surface area contributed by atoms with Gasteiger partial charge in [0.25, 0.3) is 0 Å². The van der Waals surface area contributed by atoms with Crippen LogP contribution in [0.2, 0.25) is 0 Å². The fraction of sp³-hybridized carbons (Fsp3) is 0.391. The molecule has 1 atom stereocenters. The highest BCUT2D eigenvalue weighted by Crippen LogP contribution is 2.27. The summed E-state index contributed by atoms with van der Waals surface area (Å²) in [5, 5.41) is 5.12. The highest BCUT2D eigenvalue weighted by Gasteiger charge is 2.31. The van der Waals surface area contributed by atoms with Gasteiger partial charge in [-0.1, -0.05) is 6.07 Å². The fourth-order valence-electron chi connectivity index (χ4n) is 4.15. The molecule has 3 heterocycles. The van der Waals surface area contributed by atoms with Crippen LogP contribution < -0.4 is 0 Å². The molecule has 0 bridgehead atoms. The quantitative estimate of drug-likeness (QED) is 0.432. The summed E-state index contributed by atoms with van der Waals surface area (Å²) in [7, 11) is 1.35. The maximum Gasteiger partial charge on any atom is 0.307 e. The number of esters is 1. The first-order valence-electron chi connectivity index (χ1n) is 10.5. The highest BCUT2D eigenvalue weighted by atomic mass is 16.5. The van der Waals surface area contributed by atoms with Gasteiger partial charge in [-0.25, -0.2) is 9.97 Å². The molecular weight excluding hydrogens is 410 g/mol. The van der Waals surface area contributed by atoms with Crippen LogP contribution in [0, 0.1) is 6.92 Å². The van der Waals surface area contributed by atoms with Crippen molar-refractivity contribution in [2.45, 2.75) is 45.7 Å². The molecule has 4 rings (SSSR count). The molecule has 1 saturated heterocycles. The first-order valence-corrected chi connectivity index (χ1v) is 10.5. The van der Waals surface area contributed by atoms with E-state index in [4.69, 9.17) is 4.74 Å². The number of methoxy groups -OCH3 is 1. The largest absolute Gasteiger partial charge is 0.469 e. The second kappa shape index (κ2) is 8.86. The van der Waals surface area contributed by atoms with Crippen molar-refractivity contribution in [2.24, 2.45) is 0 Å². The summed E-state index contributed by atoms with van der Waals surface area (Å²) in [5.41, 5.74) is 2.71. The monoisotopic (exact) mass is 435 g/mol. The Kier molecular flexibility index (Phi) is 5.98. The van der Waals surface area contributed by atoms with Gasteiger partial charge in [0, 0.05) is 42.9 Å². The Morgan fingerprint density at radius 3 is 2.59 bits per heavy atom. The average Bonchev–Trinajstić information content (AvgIpc) is 3.38. The van der Waals surface area contributed by atoms with Crippen molar-refractivity contribution in [3.05, 3.63) is 42.1 Å². The van der Waals surface area contributed by atoms with Crippen molar-refractivity contribution in [3.63, 3.8) is 0 Å². The molecule has 0 aliphatic carbocycles. The van der Waals surface area contributed by atoms with E-state index in [9.17, 15) is 14.4 Å². The number of aryl methyl sites for hydroxylation is 1. The number of likely N-dealkylation sites (tertiary alicyclic amines) is 1. The minimum atomic E-state index is -0.328. The van der Waals surface area contributed by atoms with Crippen LogP contribution in [-0.4, -0.2) is 62.0 Å². The molecule has 0 spiro atoms. The lowest BCUT2D eigenvalue weighted by atomic mass is 10.0. The smallest absolute Gasteiger partial charge is 0.307 e. The Bertz CT molecular complexity index is 1190. The minimum Gasteiger partial charge on any atom is -0.469 e. The van der Waals surface area contributed by atoms with E-state index in [0.29, 0.717) is 29.0 Å². The second-order valence-electron chi connectivity index (χ2n) is 7.98. The lowest BCUT2D eigenvalue weighted by Crippen LogP contribution is -2.39. The number of carbonyl (C=O) groups is 3. The van der Waals surface area contributed by atoms with E-state index in [-0.39, 0.29) is 36.7 Å². The Labute approximate surface area is 185 Å². The molecule has 1 amide bonds. The lowest BCUT2D eigenvalue weighted by Gasteiger charge is -2.24. The van der Waals surface area contributed by atoms with Crippen molar-refractivity contribution >= 4 is 28.6 Å². The minimum absolute atomic E-state index is 0.00551. The number of fused-ring (bicyclic) bond motifs is 1. The van der Waals surface area contributed by atoms with Gasteiger partial charge in [-0.3, -0.25) is 19.1 Å². The number of ether oxygens (including phenoxy) is 1.